The van der Waals surface area contributed by atoms with Crippen molar-refractivity contribution < 1.29 is 9.90 Å². The van der Waals surface area contributed by atoms with Crippen molar-refractivity contribution in [3.63, 3.8) is 0 Å². The highest BCUT2D eigenvalue weighted by Crippen LogP contribution is 2.38. The van der Waals surface area contributed by atoms with Gasteiger partial charge in [0, 0.05) is 10.00 Å². The molecule has 2 nitrogen and oxygen atoms in total. The van der Waals surface area contributed by atoms with Gasteiger partial charge in [0.15, 0.2) is 0 Å². The molecule has 0 aromatic carbocycles. The van der Waals surface area contributed by atoms with Gasteiger partial charge in [0.25, 0.3) is 0 Å². The average Bonchev–Trinajstić information content (AvgIpc) is 2.02. The Kier molecular flexibility index (Phi) is 4.30. The Morgan fingerprint density at radius 2 is 1.93 bits per heavy atom. The minimum atomic E-state index is -0.682. The van der Waals surface area contributed by atoms with E-state index in [0.29, 0.717) is 5.25 Å². The Hall–Kier alpha value is -0.180. The van der Waals surface area contributed by atoms with Crippen LogP contribution >= 0.6 is 11.8 Å². The first kappa shape index (κ1) is 11.9. The second kappa shape index (κ2) is 5.06. The molecule has 14 heavy (non-hydrogen) atoms. The maximum absolute atomic E-state index is 10.6. The summed E-state index contributed by atoms with van der Waals surface area (Å²) in [7, 11) is 0. The number of rotatable bonds is 4. The second-order valence-corrected chi connectivity index (χ2v) is 6.72. The molecule has 1 aliphatic rings. The van der Waals surface area contributed by atoms with Crippen LogP contribution in [0.15, 0.2) is 0 Å². The first-order valence-corrected chi connectivity index (χ1v) is 6.27. The van der Waals surface area contributed by atoms with Gasteiger partial charge in [-0.3, -0.25) is 4.79 Å². The van der Waals surface area contributed by atoms with Crippen LogP contribution in [0.3, 0.4) is 0 Å². The van der Waals surface area contributed by atoms with Gasteiger partial charge in [-0.1, -0.05) is 33.1 Å². The van der Waals surface area contributed by atoms with Crippen LogP contribution in [0.25, 0.3) is 0 Å². The Morgan fingerprint density at radius 1 is 1.36 bits per heavy atom. The molecule has 1 saturated carbocycles. The Labute approximate surface area is 90.5 Å². The Morgan fingerprint density at radius 3 is 2.43 bits per heavy atom. The molecule has 82 valence electrons. The summed E-state index contributed by atoms with van der Waals surface area (Å²) >= 11 is 1.87. The first-order valence-electron chi connectivity index (χ1n) is 5.39. The summed E-state index contributed by atoms with van der Waals surface area (Å²) < 4.78 is -0.103. The van der Waals surface area contributed by atoms with E-state index in [0.717, 1.165) is 0 Å². The quantitative estimate of drug-likeness (QED) is 0.783. The monoisotopic (exact) mass is 216 g/mol. The van der Waals surface area contributed by atoms with Crippen molar-refractivity contribution in [2.75, 3.05) is 0 Å². The molecule has 0 spiro atoms. The Balaban J connectivity index is 2.36. The van der Waals surface area contributed by atoms with Crippen molar-refractivity contribution in [3.8, 4) is 0 Å². The van der Waals surface area contributed by atoms with E-state index < -0.39 is 5.97 Å². The minimum absolute atomic E-state index is 0.103. The molecule has 0 atom stereocenters. The average molecular weight is 216 g/mol. The Bertz CT molecular complexity index is 195. The van der Waals surface area contributed by atoms with E-state index in [1.807, 2.05) is 25.6 Å². The maximum atomic E-state index is 10.6. The van der Waals surface area contributed by atoms with E-state index in [-0.39, 0.29) is 11.2 Å². The third-order valence-electron chi connectivity index (χ3n) is 2.61. The van der Waals surface area contributed by atoms with Crippen LogP contribution in [0.5, 0.6) is 0 Å². The summed E-state index contributed by atoms with van der Waals surface area (Å²) in [6.07, 6.45) is 6.81. The number of hydrogen-bond donors (Lipinski definition) is 1. The van der Waals surface area contributed by atoms with Gasteiger partial charge >= 0.3 is 5.97 Å². The van der Waals surface area contributed by atoms with Crippen LogP contribution in [-0.4, -0.2) is 21.1 Å². The lowest BCUT2D eigenvalue weighted by Gasteiger charge is -2.30. The number of carbonyl (C=O) groups is 1. The van der Waals surface area contributed by atoms with Crippen molar-refractivity contribution in [3.05, 3.63) is 0 Å². The molecular formula is C11H20O2S. The molecule has 1 rings (SSSR count). The normalized spacial score (nSPS) is 19.6. The third-order valence-corrected chi connectivity index (χ3v) is 4.20. The van der Waals surface area contributed by atoms with Gasteiger partial charge < -0.3 is 5.11 Å². The van der Waals surface area contributed by atoms with Crippen molar-refractivity contribution in [1.82, 2.24) is 0 Å². The zero-order chi connectivity index (χ0) is 10.6. The summed E-state index contributed by atoms with van der Waals surface area (Å²) in [6.45, 7) is 4.08. The molecule has 0 heterocycles. The van der Waals surface area contributed by atoms with Gasteiger partial charge in [0.1, 0.15) is 0 Å². The van der Waals surface area contributed by atoms with E-state index >= 15 is 0 Å². The van der Waals surface area contributed by atoms with Crippen molar-refractivity contribution in [2.45, 2.75) is 62.4 Å². The van der Waals surface area contributed by atoms with Gasteiger partial charge in [-0.25, -0.2) is 0 Å². The number of thioether (sulfide) groups is 1. The van der Waals surface area contributed by atoms with Crippen LogP contribution in [-0.2, 0) is 4.79 Å². The lowest BCUT2D eigenvalue weighted by atomic mass is 10.0. The fourth-order valence-electron chi connectivity index (χ4n) is 2.04. The van der Waals surface area contributed by atoms with Crippen LogP contribution in [0.2, 0.25) is 0 Å². The predicted octanol–water partition coefficient (Wildman–Crippen LogP) is 3.31. The van der Waals surface area contributed by atoms with Gasteiger partial charge in [-0.15, -0.1) is 0 Å². The predicted molar refractivity (Wildman–Crippen MR) is 60.8 cm³/mol. The molecular weight excluding hydrogens is 196 g/mol. The van der Waals surface area contributed by atoms with E-state index in [1.54, 1.807) is 0 Å². The summed E-state index contributed by atoms with van der Waals surface area (Å²) in [4.78, 5) is 10.6. The summed E-state index contributed by atoms with van der Waals surface area (Å²) in [6, 6.07) is 0. The number of hydrogen-bond acceptors (Lipinski definition) is 2. The summed E-state index contributed by atoms with van der Waals surface area (Å²) in [5, 5.41) is 9.46. The number of carboxylic acids is 1. The van der Waals surface area contributed by atoms with Crippen molar-refractivity contribution >= 4 is 17.7 Å². The second-order valence-electron chi connectivity index (χ2n) is 4.71. The fraction of sp³-hybridized carbons (Fsp3) is 0.909. The highest BCUT2D eigenvalue weighted by atomic mass is 32.2. The van der Waals surface area contributed by atoms with Crippen LogP contribution in [0, 0.1) is 0 Å². The molecule has 0 aliphatic heterocycles. The zero-order valence-corrected chi connectivity index (χ0v) is 9.90. The molecule has 0 radical (unpaired) electrons. The van der Waals surface area contributed by atoms with E-state index in [2.05, 4.69) is 0 Å². The van der Waals surface area contributed by atoms with E-state index in [4.69, 9.17) is 5.11 Å². The molecule has 0 bridgehead atoms. The van der Waals surface area contributed by atoms with Crippen LogP contribution in [0.4, 0.5) is 0 Å². The summed E-state index contributed by atoms with van der Waals surface area (Å²) in [5.74, 6) is -0.682. The SMILES string of the molecule is CC(C)(CC(=O)O)SC1CCCCC1. The minimum Gasteiger partial charge on any atom is -0.481 e. The number of carboxylic acid groups (broad SMARTS) is 1. The van der Waals surface area contributed by atoms with Crippen LogP contribution in [0.1, 0.15) is 52.4 Å². The van der Waals surface area contributed by atoms with Crippen molar-refractivity contribution in [1.29, 1.82) is 0 Å². The molecule has 0 amide bonds. The molecule has 0 aromatic rings. The highest BCUT2D eigenvalue weighted by Gasteiger charge is 2.27. The van der Waals surface area contributed by atoms with Gasteiger partial charge in [-0.2, -0.15) is 11.8 Å². The molecule has 1 aliphatic carbocycles. The molecule has 0 saturated heterocycles. The lowest BCUT2D eigenvalue weighted by molar-refractivity contribution is -0.137. The highest BCUT2D eigenvalue weighted by molar-refractivity contribution is 8.01. The number of aliphatic carboxylic acids is 1. The maximum Gasteiger partial charge on any atom is 0.304 e. The smallest absolute Gasteiger partial charge is 0.304 e. The van der Waals surface area contributed by atoms with E-state index in [1.165, 1.54) is 32.1 Å². The zero-order valence-electron chi connectivity index (χ0n) is 9.08. The first-order chi connectivity index (χ1) is 6.49. The molecule has 1 N–H and O–H groups in total. The topological polar surface area (TPSA) is 37.3 Å². The van der Waals surface area contributed by atoms with Gasteiger partial charge in [0.05, 0.1) is 6.42 Å². The lowest BCUT2D eigenvalue weighted by Crippen LogP contribution is -2.24. The van der Waals surface area contributed by atoms with Gasteiger partial charge in [0.2, 0.25) is 0 Å². The summed E-state index contributed by atoms with van der Waals surface area (Å²) in [5.41, 5.74) is 0. The van der Waals surface area contributed by atoms with Gasteiger partial charge in [-0.05, 0) is 12.8 Å². The van der Waals surface area contributed by atoms with Crippen molar-refractivity contribution in [2.24, 2.45) is 0 Å². The van der Waals surface area contributed by atoms with Crippen LogP contribution < -0.4 is 0 Å². The molecule has 3 heteroatoms. The third kappa shape index (κ3) is 4.36. The standard InChI is InChI=1S/C11H20O2S/c1-11(2,8-10(12)13)14-9-6-4-3-5-7-9/h9H,3-8H2,1-2H3,(H,12,13). The molecule has 1 fully saturated rings. The molecule has 0 aromatic heterocycles. The molecule has 0 unspecified atom stereocenters. The fourth-order valence-corrected chi connectivity index (χ4v) is 3.72. The largest absolute Gasteiger partial charge is 0.481 e. The van der Waals surface area contributed by atoms with E-state index in [9.17, 15) is 4.79 Å².